The van der Waals surface area contributed by atoms with E-state index in [-0.39, 0.29) is 6.04 Å². The second kappa shape index (κ2) is 6.10. The predicted molar refractivity (Wildman–Crippen MR) is 84.1 cm³/mol. The van der Waals surface area contributed by atoms with E-state index in [4.69, 9.17) is 5.73 Å². The molecule has 0 spiro atoms. The van der Waals surface area contributed by atoms with E-state index in [1.165, 1.54) is 37.0 Å². The maximum Gasteiger partial charge on any atom is 0.0817 e. The van der Waals surface area contributed by atoms with Gasteiger partial charge >= 0.3 is 0 Å². The Morgan fingerprint density at radius 1 is 1.35 bits per heavy atom. The van der Waals surface area contributed by atoms with Crippen molar-refractivity contribution in [3.05, 3.63) is 39.3 Å². The molecule has 1 atom stereocenters. The largest absolute Gasteiger partial charge is 0.318 e. The topological polar surface area (TPSA) is 43.8 Å². The van der Waals surface area contributed by atoms with Crippen molar-refractivity contribution >= 4 is 11.3 Å². The number of nitrogens with zero attached hydrogens (tertiary/aromatic N) is 2. The molecule has 2 heterocycles. The summed E-state index contributed by atoms with van der Waals surface area (Å²) in [5, 5.41) is 4.39. The predicted octanol–water partition coefficient (Wildman–Crippen LogP) is 3.67. The summed E-state index contributed by atoms with van der Waals surface area (Å²) < 4.78 is 2.05. The third-order valence-electron chi connectivity index (χ3n) is 4.08. The van der Waals surface area contributed by atoms with Gasteiger partial charge in [-0.1, -0.05) is 13.3 Å². The maximum atomic E-state index is 6.49. The number of hydrogen-bond donors (Lipinski definition) is 1. The fraction of sp³-hybridized carbons (Fsp3) is 0.562. The SMILES string of the molecule is CCCn1nccc1C(N)c1cc2c(s1)CCCCC2. The first-order valence-electron chi connectivity index (χ1n) is 7.68. The first kappa shape index (κ1) is 13.8. The van der Waals surface area contributed by atoms with Crippen LogP contribution in [0.25, 0.3) is 0 Å². The van der Waals surface area contributed by atoms with Gasteiger partial charge in [0.15, 0.2) is 0 Å². The van der Waals surface area contributed by atoms with Crippen molar-refractivity contribution in [2.45, 2.75) is 58.0 Å². The van der Waals surface area contributed by atoms with E-state index in [9.17, 15) is 0 Å². The summed E-state index contributed by atoms with van der Waals surface area (Å²) in [7, 11) is 0. The van der Waals surface area contributed by atoms with Crippen molar-refractivity contribution in [1.29, 1.82) is 0 Å². The lowest BCUT2D eigenvalue weighted by atomic mass is 10.1. The normalized spacial score (nSPS) is 16.7. The molecule has 4 heteroatoms. The molecule has 108 valence electrons. The van der Waals surface area contributed by atoms with Gasteiger partial charge in [-0.05, 0) is 49.8 Å². The van der Waals surface area contributed by atoms with Gasteiger partial charge in [0.05, 0.1) is 11.7 Å². The van der Waals surface area contributed by atoms with E-state index < -0.39 is 0 Å². The molecule has 20 heavy (non-hydrogen) atoms. The Labute approximate surface area is 124 Å². The van der Waals surface area contributed by atoms with Gasteiger partial charge in [-0.15, -0.1) is 11.3 Å². The average molecular weight is 289 g/mol. The van der Waals surface area contributed by atoms with Crippen LogP contribution in [0.2, 0.25) is 0 Å². The molecule has 0 saturated carbocycles. The van der Waals surface area contributed by atoms with Gasteiger partial charge in [0.25, 0.3) is 0 Å². The van der Waals surface area contributed by atoms with E-state index in [2.05, 4.69) is 28.8 Å². The molecule has 1 unspecified atom stereocenters. The molecule has 2 aromatic rings. The van der Waals surface area contributed by atoms with E-state index in [0.29, 0.717) is 0 Å². The molecule has 2 aromatic heterocycles. The minimum atomic E-state index is -0.0269. The van der Waals surface area contributed by atoms with Gasteiger partial charge in [-0.2, -0.15) is 5.10 Å². The van der Waals surface area contributed by atoms with Crippen molar-refractivity contribution in [3.8, 4) is 0 Å². The van der Waals surface area contributed by atoms with Crippen LogP contribution in [0, 0.1) is 0 Å². The highest BCUT2D eigenvalue weighted by molar-refractivity contribution is 7.12. The summed E-state index contributed by atoms with van der Waals surface area (Å²) in [5.74, 6) is 0. The lowest BCUT2D eigenvalue weighted by Gasteiger charge is -2.12. The van der Waals surface area contributed by atoms with Crippen molar-refractivity contribution in [2.75, 3.05) is 0 Å². The van der Waals surface area contributed by atoms with Crippen molar-refractivity contribution in [2.24, 2.45) is 5.73 Å². The quantitative estimate of drug-likeness (QED) is 0.873. The molecule has 0 aliphatic heterocycles. The van der Waals surface area contributed by atoms with Crippen LogP contribution < -0.4 is 5.73 Å². The molecule has 3 rings (SSSR count). The van der Waals surface area contributed by atoms with Gasteiger partial charge in [-0.25, -0.2) is 0 Å². The molecular formula is C16H23N3S. The minimum absolute atomic E-state index is 0.0269. The standard InChI is InChI=1S/C16H23N3S/c1-2-10-19-13(8-9-18-19)16(17)15-11-12-6-4-3-5-7-14(12)20-15/h8-9,11,16H,2-7,10,17H2,1H3. The summed E-state index contributed by atoms with van der Waals surface area (Å²) in [6.45, 7) is 3.12. The number of aryl methyl sites for hydroxylation is 3. The summed E-state index contributed by atoms with van der Waals surface area (Å²) >= 11 is 1.92. The fourth-order valence-corrected chi connectivity index (χ4v) is 4.27. The van der Waals surface area contributed by atoms with Gasteiger partial charge in [-0.3, -0.25) is 4.68 Å². The van der Waals surface area contributed by atoms with Crippen LogP contribution in [-0.4, -0.2) is 9.78 Å². The van der Waals surface area contributed by atoms with Crippen LogP contribution in [0.5, 0.6) is 0 Å². The highest BCUT2D eigenvalue weighted by Gasteiger charge is 2.19. The van der Waals surface area contributed by atoms with Gasteiger partial charge < -0.3 is 5.73 Å². The lowest BCUT2D eigenvalue weighted by molar-refractivity contribution is 0.561. The molecule has 0 amide bonds. The number of thiophene rings is 1. The Morgan fingerprint density at radius 3 is 3.05 bits per heavy atom. The monoisotopic (exact) mass is 289 g/mol. The Hall–Kier alpha value is -1.13. The highest BCUT2D eigenvalue weighted by Crippen LogP contribution is 2.33. The maximum absolute atomic E-state index is 6.49. The first-order valence-corrected chi connectivity index (χ1v) is 8.50. The van der Waals surface area contributed by atoms with Crippen LogP contribution in [0.15, 0.2) is 18.3 Å². The molecule has 0 fully saturated rings. The Kier molecular flexibility index (Phi) is 4.22. The van der Waals surface area contributed by atoms with Gasteiger partial charge in [0, 0.05) is 22.5 Å². The van der Waals surface area contributed by atoms with Gasteiger partial charge in [0.2, 0.25) is 0 Å². The van der Waals surface area contributed by atoms with Crippen LogP contribution in [0.1, 0.15) is 59.7 Å². The smallest absolute Gasteiger partial charge is 0.0817 e. The summed E-state index contributed by atoms with van der Waals surface area (Å²) in [6, 6.07) is 4.38. The Balaban J connectivity index is 1.86. The van der Waals surface area contributed by atoms with Crippen LogP contribution in [0.4, 0.5) is 0 Å². The van der Waals surface area contributed by atoms with E-state index in [1.54, 1.807) is 10.4 Å². The van der Waals surface area contributed by atoms with Crippen LogP contribution in [0.3, 0.4) is 0 Å². The molecule has 0 aromatic carbocycles. The third-order valence-corrected chi connectivity index (χ3v) is 5.40. The first-order chi connectivity index (χ1) is 9.79. The Bertz CT molecular complexity index is 547. The molecule has 1 aliphatic carbocycles. The number of aromatic nitrogens is 2. The third kappa shape index (κ3) is 2.67. The van der Waals surface area contributed by atoms with Crippen molar-refractivity contribution < 1.29 is 0 Å². The molecule has 0 saturated heterocycles. The molecule has 3 nitrogen and oxygen atoms in total. The number of nitrogens with two attached hydrogens (primary N) is 1. The minimum Gasteiger partial charge on any atom is -0.318 e. The summed E-state index contributed by atoms with van der Waals surface area (Å²) in [4.78, 5) is 2.87. The summed E-state index contributed by atoms with van der Waals surface area (Å²) in [5.41, 5.74) is 9.18. The van der Waals surface area contributed by atoms with E-state index in [0.717, 1.165) is 18.7 Å². The molecular weight excluding hydrogens is 266 g/mol. The van der Waals surface area contributed by atoms with E-state index >= 15 is 0 Å². The number of fused-ring (bicyclic) bond motifs is 1. The average Bonchev–Trinajstić information content (AvgIpc) is 3.01. The van der Waals surface area contributed by atoms with Crippen molar-refractivity contribution in [1.82, 2.24) is 9.78 Å². The van der Waals surface area contributed by atoms with Gasteiger partial charge in [0.1, 0.15) is 0 Å². The molecule has 2 N–H and O–H groups in total. The number of hydrogen-bond acceptors (Lipinski definition) is 3. The van der Waals surface area contributed by atoms with Crippen LogP contribution >= 0.6 is 11.3 Å². The summed E-state index contributed by atoms with van der Waals surface area (Å²) in [6.07, 6.45) is 9.44. The van der Waals surface area contributed by atoms with Crippen LogP contribution in [-0.2, 0) is 19.4 Å². The second-order valence-corrected chi connectivity index (χ2v) is 6.78. The van der Waals surface area contributed by atoms with Crippen molar-refractivity contribution in [3.63, 3.8) is 0 Å². The zero-order valence-corrected chi connectivity index (χ0v) is 13.0. The zero-order valence-electron chi connectivity index (χ0n) is 12.1. The fourth-order valence-electron chi connectivity index (χ4n) is 3.00. The second-order valence-electron chi connectivity index (χ2n) is 5.61. The molecule has 0 bridgehead atoms. The number of rotatable bonds is 4. The highest BCUT2D eigenvalue weighted by atomic mass is 32.1. The molecule has 0 radical (unpaired) electrons. The molecule has 1 aliphatic rings. The zero-order chi connectivity index (χ0) is 13.9. The van der Waals surface area contributed by atoms with E-state index in [1.807, 2.05) is 17.5 Å². The lowest BCUT2D eigenvalue weighted by Crippen LogP contribution is -2.16. The Morgan fingerprint density at radius 2 is 2.20 bits per heavy atom.